The second-order valence-electron chi connectivity index (χ2n) is 5.33. The Morgan fingerprint density at radius 1 is 1.36 bits per heavy atom. The lowest BCUT2D eigenvalue weighted by atomic mass is 9.90. The third kappa shape index (κ3) is 2.62. The lowest BCUT2D eigenvalue weighted by Gasteiger charge is -2.38. The van der Waals surface area contributed by atoms with Crippen molar-refractivity contribution in [2.24, 2.45) is 11.8 Å². The zero-order valence-electron chi connectivity index (χ0n) is 12.1. The minimum atomic E-state index is -4.88. The number of hydrogen-bond acceptors (Lipinski definition) is 3. The summed E-state index contributed by atoms with van der Waals surface area (Å²) >= 11 is 0. The molecule has 0 aliphatic carbocycles. The summed E-state index contributed by atoms with van der Waals surface area (Å²) in [6, 6.07) is 5.43. The Bertz CT molecular complexity index is 646. The number of nitrogens with two attached hydrogens (primary N) is 1. The maximum Gasteiger partial charge on any atom is 0.445 e. The van der Waals surface area contributed by atoms with Crippen LogP contribution in [0.15, 0.2) is 24.3 Å². The molecule has 2 rings (SSSR count). The van der Waals surface area contributed by atoms with E-state index in [4.69, 9.17) is 5.84 Å². The van der Waals surface area contributed by atoms with Crippen LogP contribution in [0.1, 0.15) is 25.8 Å². The van der Waals surface area contributed by atoms with Gasteiger partial charge in [-0.15, -0.1) is 0 Å². The molecule has 22 heavy (non-hydrogen) atoms. The second kappa shape index (κ2) is 5.54. The van der Waals surface area contributed by atoms with E-state index in [9.17, 15) is 18.0 Å². The summed E-state index contributed by atoms with van der Waals surface area (Å²) in [5, 5.41) is 0.545. The summed E-state index contributed by atoms with van der Waals surface area (Å²) in [5.74, 6) is 10.2. The number of ether oxygens (including phenoxy) is 1. The number of fused-ring (bicyclic) bond motifs is 1. The number of nitrogens with zero attached hydrogens (tertiary/aromatic N) is 1. The fourth-order valence-corrected chi connectivity index (χ4v) is 2.07. The Kier molecular flexibility index (Phi) is 4.07. The molecule has 1 heterocycles. The average molecular weight is 312 g/mol. The fraction of sp³-hybridized carbons (Fsp3) is 0.400. The fourth-order valence-electron chi connectivity index (χ4n) is 2.07. The van der Waals surface area contributed by atoms with E-state index in [-0.39, 0.29) is 23.6 Å². The minimum absolute atomic E-state index is 0.0741. The van der Waals surface area contributed by atoms with Gasteiger partial charge in [-0.3, -0.25) is 0 Å². The number of para-hydroxylation sites is 1. The van der Waals surface area contributed by atoms with Crippen molar-refractivity contribution in [2.45, 2.75) is 32.0 Å². The molecule has 1 unspecified atom stereocenters. The van der Waals surface area contributed by atoms with Gasteiger partial charge in [0.05, 0.1) is 5.69 Å². The van der Waals surface area contributed by atoms with Crippen LogP contribution in [0.4, 0.5) is 23.7 Å². The lowest BCUT2D eigenvalue weighted by Crippen LogP contribution is -2.55. The van der Waals surface area contributed by atoms with Gasteiger partial charge in [-0.1, -0.05) is 38.0 Å². The van der Waals surface area contributed by atoms with Crippen LogP contribution in [-0.4, -0.2) is 12.3 Å². The molecule has 0 aromatic heterocycles. The van der Waals surface area contributed by atoms with Gasteiger partial charge in [-0.05, 0) is 17.9 Å². The lowest BCUT2D eigenvalue weighted by molar-refractivity contribution is -0.240. The quantitative estimate of drug-likeness (QED) is 0.492. The highest BCUT2D eigenvalue weighted by atomic mass is 19.4. The summed E-state index contributed by atoms with van der Waals surface area (Å²) in [4.78, 5) is 11.7. The first-order valence-corrected chi connectivity index (χ1v) is 6.63. The molecule has 2 N–H and O–H groups in total. The van der Waals surface area contributed by atoms with E-state index < -0.39 is 17.9 Å². The van der Waals surface area contributed by atoms with Crippen LogP contribution in [0.25, 0.3) is 0 Å². The monoisotopic (exact) mass is 312 g/mol. The molecule has 7 heteroatoms. The number of carbonyl (C=O) groups excluding carboxylic acids is 1. The molecule has 0 saturated carbocycles. The molecule has 1 aromatic rings. The van der Waals surface area contributed by atoms with E-state index in [2.05, 4.69) is 16.6 Å². The molecule has 1 aromatic carbocycles. The number of anilines is 1. The number of alkyl halides is 3. The molecule has 0 saturated heterocycles. The van der Waals surface area contributed by atoms with E-state index in [1.165, 1.54) is 24.3 Å². The number of carbonyl (C=O) groups is 1. The number of hydrazine groups is 1. The van der Waals surface area contributed by atoms with Crippen molar-refractivity contribution in [1.82, 2.24) is 0 Å². The first kappa shape index (κ1) is 16.2. The number of cyclic esters (lactones) is 1. The van der Waals surface area contributed by atoms with Crippen LogP contribution in [0.2, 0.25) is 0 Å². The molecule has 0 spiro atoms. The Morgan fingerprint density at radius 2 is 2.00 bits per heavy atom. The van der Waals surface area contributed by atoms with Gasteiger partial charge in [0.25, 0.3) is 5.60 Å². The standard InChI is InChI=1S/C15H15F3N2O2/c1-10(2)6-5-9-14(15(16,17)18)11-7-3-4-8-12(11)20(19)13(21)22-14/h3-4,7-8,10H,6,19H2,1-2H3. The Balaban J connectivity index is 2.65. The van der Waals surface area contributed by atoms with E-state index in [0.29, 0.717) is 5.01 Å². The molecule has 4 nitrogen and oxygen atoms in total. The smallest absolute Gasteiger partial charge is 0.414 e. The number of hydrogen-bond donors (Lipinski definition) is 1. The minimum Gasteiger partial charge on any atom is -0.414 e. The predicted octanol–water partition coefficient (Wildman–Crippen LogP) is 3.32. The summed E-state index contributed by atoms with van der Waals surface area (Å²) in [5.41, 5.74) is -3.36. The molecule has 1 aliphatic rings. The van der Waals surface area contributed by atoms with Gasteiger partial charge in [0.15, 0.2) is 0 Å². The molecule has 0 fully saturated rings. The second-order valence-corrected chi connectivity index (χ2v) is 5.33. The summed E-state index contributed by atoms with van der Waals surface area (Å²) in [7, 11) is 0. The number of rotatable bonds is 1. The largest absolute Gasteiger partial charge is 0.445 e. The first-order chi connectivity index (χ1) is 10.2. The van der Waals surface area contributed by atoms with Crippen molar-refractivity contribution in [3.8, 4) is 11.8 Å². The van der Waals surface area contributed by atoms with Crippen LogP contribution in [0, 0.1) is 17.8 Å². The normalized spacial score (nSPS) is 21.0. The molecule has 1 amide bonds. The van der Waals surface area contributed by atoms with Gasteiger partial charge in [0, 0.05) is 12.0 Å². The Hall–Kier alpha value is -2.20. The van der Waals surface area contributed by atoms with Crippen LogP contribution < -0.4 is 10.9 Å². The molecule has 0 bridgehead atoms. The summed E-state index contributed by atoms with van der Waals surface area (Å²) in [6.07, 6.45) is -5.93. The summed E-state index contributed by atoms with van der Waals surface area (Å²) < 4.78 is 45.6. The Labute approximate surface area is 126 Å². The zero-order chi connectivity index (χ0) is 16.5. The zero-order valence-corrected chi connectivity index (χ0v) is 12.1. The van der Waals surface area contributed by atoms with Gasteiger partial charge in [0.1, 0.15) is 0 Å². The molecular formula is C15H15F3N2O2. The first-order valence-electron chi connectivity index (χ1n) is 6.63. The van der Waals surface area contributed by atoms with Crippen LogP contribution >= 0.6 is 0 Å². The molecule has 0 radical (unpaired) electrons. The predicted molar refractivity (Wildman–Crippen MR) is 74.6 cm³/mol. The molecule has 1 aliphatic heterocycles. The highest BCUT2D eigenvalue weighted by Gasteiger charge is 2.62. The number of benzene rings is 1. The SMILES string of the molecule is CC(C)CC#CC1(C(F)(F)F)OC(=O)N(N)c2ccccc21. The van der Waals surface area contributed by atoms with Gasteiger partial charge < -0.3 is 4.74 Å². The van der Waals surface area contributed by atoms with Crippen molar-refractivity contribution in [2.75, 3.05) is 5.01 Å². The van der Waals surface area contributed by atoms with Crippen molar-refractivity contribution < 1.29 is 22.7 Å². The summed E-state index contributed by atoms with van der Waals surface area (Å²) in [6.45, 7) is 3.66. The van der Waals surface area contributed by atoms with E-state index >= 15 is 0 Å². The third-order valence-electron chi connectivity index (χ3n) is 3.15. The highest BCUT2D eigenvalue weighted by Crippen LogP contribution is 2.48. The van der Waals surface area contributed by atoms with Crippen molar-refractivity contribution in [3.63, 3.8) is 0 Å². The van der Waals surface area contributed by atoms with E-state index in [1.807, 2.05) is 13.8 Å². The van der Waals surface area contributed by atoms with Gasteiger partial charge in [-0.2, -0.15) is 13.2 Å². The average Bonchev–Trinajstić information content (AvgIpc) is 2.42. The van der Waals surface area contributed by atoms with E-state index in [1.54, 1.807) is 0 Å². The number of amides is 1. The van der Waals surface area contributed by atoms with Crippen molar-refractivity contribution in [3.05, 3.63) is 29.8 Å². The van der Waals surface area contributed by atoms with Crippen LogP contribution in [0.5, 0.6) is 0 Å². The van der Waals surface area contributed by atoms with Crippen molar-refractivity contribution in [1.29, 1.82) is 0 Å². The molecule has 118 valence electrons. The van der Waals surface area contributed by atoms with Crippen LogP contribution in [0.3, 0.4) is 0 Å². The molecule has 1 atom stereocenters. The van der Waals surface area contributed by atoms with Crippen LogP contribution in [-0.2, 0) is 10.3 Å². The van der Waals surface area contributed by atoms with Gasteiger partial charge in [0.2, 0.25) is 0 Å². The van der Waals surface area contributed by atoms with Gasteiger partial charge >= 0.3 is 12.3 Å². The van der Waals surface area contributed by atoms with Crippen molar-refractivity contribution >= 4 is 11.8 Å². The maximum atomic E-state index is 13.7. The topological polar surface area (TPSA) is 55.6 Å². The molecular weight excluding hydrogens is 297 g/mol. The Morgan fingerprint density at radius 3 is 2.59 bits per heavy atom. The van der Waals surface area contributed by atoms with E-state index in [0.717, 1.165) is 0 Å². The highest BCUT2D eigenvalue weighted by molar-refractivity contribution is 5.91. The number of halogens is 3. The third-order valence-corrected chi connectivity index (χ3v) is 3.15. The van der Waals surface area contributed by atoms with Gasteiger partial charge in [-0.25, -0.2) is 15.6 Å². The maximum absolute atomic E-state index is 13.7.